The first kappa shape index (κ1) is 21.5. The van der Waals surface area contributed by atoms with Crippen molar-refractivity contribution in [2.24, 2.45) is 0 Å². The number of carbonyl (C=O) groups is 2. The second kappa shape index (κ2) is 9.59. The molecule has 0 spiro atoms. The molecule has 4 rings (SSSR count). The molecule has 0 atom stereocenters. The minimum Gasteiger partial charge on any atom is -0.482 e. The van der Waals surface area contributed by atoms with Crippen LogP contribution in [-0.4, -0.2) is 47.5 Å². The van der Waals surface area contributed by atoms with Gasteiger partial charge in [-0.15, -0.1) is 0 Å². The molecule has 0 aromatic heterocycles. The summed E-state index contributed by atoms with van der Waals surface area (Å²) in [6, 6.07) is 12.4. The van der Waals surface area contributed by atoms with Crippen LogP contribution < -0.4 is 19.5 Å². The van der Waals surface area contributed by atoms with E-state index in [1.165, 1.54) is 16.7 Å². The van der Waals surface area contributed by atoms with Gasteiger partial charge in [0.1, 0.15) is 10.1 Å². The minimum atomic E-state index is -0.318. The third-order valence-electron chi connectivity index (χ3n) is 4.42. The number of para-hydroxylation sites is 1. The van der Waals surface area contributed by atoms with Gasteiger partial charge in [-0.05, 0) is 35.9 Å². The van der Waals surface area contributed by atoms with Crippen molar-refractivity contribution >= 4 is 57.8 Å². The minimum absolute atomic E-state index is 0.174. The molecule has 0 aliphatic carbocycles. The van der Waals surface area contributed by atoms with E-state index in [4.69, 9.17) is 38.0 Å². The number of hydrogen-bond acceptors (Lipinski definition) is 7. The van der Waals surface area contributed by atoms with Crippen molar-refractivity contribution in [2.75, 3.05) is 26.5 Å². The lowest BCUT2D eigenvalue weighted by Crippen LogP contribution is -2.38. The molecular formula is C21H17ClN2O5S2. The fourth-order valence-electron chi connectivity index (χ4n) is 2.91. The van der Waals surface area contributed by atoms with Gasteiger partial charge in [-0.1, -0.05) is 53.8 Å². The zero-order valence-electron chi connectivity index (χ0n) is 16.1. The maximum Gasteiger partial charge on any atom is 0.266 e. The van der Waals surface area contributed by atoms with E-state index in [9.17, 15) is 9.59 Å². The molecule has 0 unspecified atom stereocenters. The van der Waals surface area contributed by atoms with Crippen molar-refractivity contribution in [3.8, 4) is 17.2 Å². The van der Waals surface area contributed by atoms with Gasteiger partial charge >= 0.3 is 0 Å². The zero-order valence-corrected chi connectivity index (χ0v) is 18.5. The quantitative estimate of drug-likeness (QED) is 0.484. The normalized spacial score (nSPS) is 16.2. The molecule has 2 heterocycles. The Morgan fingerprint density at radius 1 is 1.26 bits per heavy atom. The van der Waals surface area contributed by atoms with Crippen molar-refractivity contribution < 1.29 is 23.8 Å². The van der Waals surface area contributed by atoms with Crippen LogP contribution in [0.2, 0.25) is 5.02 Å². The van der Waals surface area contributed by atoms with Crippen LogP contribution in [0.5, 0.6) is 17.2 Å². The third-order valence-corrected chi connectivity index (χ3v) is 6.11. The van der Waals surface area contributed by atoms with Gasteiger partial charge in [0.05, 0.1) is 9.93 Å². The van der Waals surface area contributed by atoms with Crippen LogP contribution in [0.1, 0.15) is 5.56 Å². The van der Waals surface area contributed by atoms with Crippen LogP contribution in [0.4, 0.5) is 0 Å². The highest BCUT2D eigenvalue weighted by Gasteiger charge is 2.31. The van der Waals surface area contributed by atoms with E-state index in [0.29, 0.717) is 31.5 Å². The van der Waals surface area contributed by atoms with Gasteiger partial charge < -0.3 is 19.5 Å². The van der Waals surface area contributed by atoms with E-state index in [1.54, 1.807) is 36.4 Å². The van der Waals surface area contributed by atoms with Crippen molar-refractivity contribution in [1.29, 1.82) is 0 Å². The standard InChI is InChI=1S/C21H17ClN2O5S2/c22-14-3-1-2-4-15(14)27-11-19(25)23-7-8-24-20(26)18(31-21(24)30)10-13-5-6-16-17(9-13)29-12-28-16/h1-6,9-10H,7-8,11-12H2,(H,23,25)/b18-10+. The number of nitrogens with one attached hydrogen (secondary N) is 1. The number of nitrogens with zero attached hydrogens (tertiary/aromatic N) is 1. The number of benzene rings is 2. The van der Waals surface area contributed by atoms with E-state index in [1.807, 2.05) is 12.1 Å². The van der Waals surface area contributed by atoms with Crippen LogP contribution in [0, 0.1) is 0 Å². The van der Waals surface area contributed by atoms with Gasteiger partial charge in [-0.25, -0.2) is 0 Å². The summed E-state index contributed by atoms with van der Waals surface area (Å²) in [5.74, 6) is 1.24. The average Bonchev–Trinajstić information content (AvgIpc) is 3.32. The molecule has 160 valence electrons. The molecule has 0 saturated carbocycles. The van der Waals surface area contributed by atoms with Crippen molar-refractivity contribution in [3.05, 3.63) is 58.0 Å². The van der Waals surface area contributed by atoms with E-state index in [2.05, 4.69) is 5.32 Å². The molecule has 2 amide bonds. The van der Waals surface area contributed by atoms with E-state index >= 15 is 0 Å². The number of amides is 2. The SMILES string of the molecule is O=C(COc1ccccc1Cl)NCCN1C(=O)/C(=C\c2ccc3c(c2)OCO3)SC1=S. The highest BCUT2D eigenvalue weighted by atomic mass is 35.5. The first-order chi connectivity index (χ1) is 15.0. The highest BCUT2D eigenvalue weighted by molar-refractivity contribution is 8.26. The van der Waals surface area contributed by atoms with E-state index < -0.39 is 0 Å². The molecular weight excluding hydrogens is 460 g/mol. The third kappa shape index (κ3) is 5.12. The maximum atomic E-state index is 12.7. The summed E-state index contributed by atoms with van der Waals surface area (Å²) in [6.07, 6.45) is 1.76. The number of rotatable bonds is 7. The number of fused-ring (bicyclic) bond motifs is 1. The van der Waals surface area contributed by atoms with Crippen molar-refractivity contribution in [1.82, 2.24) is 10.2 Å². The molecule has 7 nitrogen and oxygen atoms in total. The molecule has 1 fully saturated rings. The van der Waals surface area contributed by atoms with Gasteiger partial charge in [0.25, 0.3) is 11.8 Å². The Labute approximate surface area is 193 Å². The van der Waals surface area contributed by atoms with Crippen molar-refractivity contribution in [3.63, 3.8) is 0 Å². The summed E-state index contributed by atoms with van der Waals surface area (Å²) in [6.45, 7) is 0.525. The van der Waals surface area contributed by atoms with Crippen LogP contribution in [0.15, 0.2) is 47.4 Å². The molecule has 2 aliphatic rings. The zero-order chi connectivity index (χ0) is 21.8. The fraction of sp³-hybridized carbons (Fsp3) is 0.190. The van der Waals surface area contributed by atoms with Gasteiger partial charge in [0.2, 0.25) is 6.79 Å². The van der Waals surface area contributed by atoms with Crippen LogP contribution in [0.25, 0.3) is 6.08 Å². The number of halogens is 1. The van der Waals surface area contributed by atoms with Crippen molar-refractivity contribution in [2.45, 2.75) is 0 Å². The predicted octanol–water partition coefficient (Wildman–Crippen LogP) is 3.47. The highest BCUT2D eigenvalue weighted by Crippen LogP contribution is 2.36. The first-order valence-corrected chi connectivity index (χ1v) is 10.9. The molecule has 2 aliphatic heterocycles. The molecule has 2 aromatic rings. The fourth-order valence-corrected chi connectivity index (χ4v) is 4.41. The van der Waals surface area contributed by atoms with E-state index in [0.717, 1.165) is 5.56 Å². The summed E-state index contributed by atoms with van der Waals surface area (Å²) in [5.41, 5.74) is 0.815. The summed E-state index contributed by atoms with van der Waals surface area (Å²) in [7, 11) is 0. The smallest absolute Gasteiger partial charge is 0.266 e. The summed E-state index contributed by atoms with van der Waals surface area (Å²) in [4.78, 5) is 26.7. The molecule has 2 aromatic carbocycles. The number of hydrogen-bond donors (Lipinski definition) is 1. The summed E-state index contributed by atoms with van der Waals surface area (Å²) < 4.78 is 16.5. The second-order valence-electron chi connectivity index (χ2n) is 6.52. The Kier molecular flexibility index (Phi) is 6.64. The summed E-state index contributed by atoms with van der Waals surface area (Å²) >= 11 is 12.5. The van der Waals surface area contributed by atoms with Gasteiger partial charge in [0.15, 0.2) is 18.1 Å². The molecule has 0 radical (unpaired) electrons. The number of ether oxygens (including phenoxy) is 3. The Balaban J connectivity index is 1.28. The molecule has 1 N–H and O–H groups in total. The van der Waals surface area contributed by atoms with Gasteiger partial charge in [-0.3, -0.25) is 14.5 Å². The topological polar surface area (TPSA) is 77.1 Å². The largest absolute Gasteiger partial charge is 0.482 e. The first-order valence-electron chi connectivity index (χ1n) is 9.30. The number of thiocarbonyl (C=S) groups is 1. The predicted molar refractivity (Wildman–Crippen MR) is 122 cm³/mol. The lowest BCUT2D eigenvalue weighted by atomic mass is 10.2. The number of thioether (sulfide) groups is 1. The lowest BCUT2D eigenvalue weighted by Gasteiger charge is -2.15. The molecule has 31 heavy (non-hydrogen) atoms. The molecule has 0 bridgehead atoms. The Morgan fingerprint density at radius 3 is 2.90 bits per heavy atom. The molecule has 1 saturated heterocycles. The number of carbonyl (C=O) groups excluding carboxylic acids is 2. The summed E-state index contributed by atoms with van der Waals surface area (Å²) in [5, 5.41) is 3.15. The Morgan fingerprint density at radius 2 is 2.06 bits per heavy atom. The monoisotopic (exact) mass is 476 g/mol. The van der Waals surface area contributed by atoms with Gasteiger partial charge in [0, 0.05) is 13.1 Å². The Bertz CT molecular complexity index is 1080. The Hall–Kier alpha value is -2.75. The average molecular weight is 477 g/mol. The molecule has 10 heteroatoms. The van der Waals surface area contributed by atoms with Crippen LogP contribution in [-0.2, 0) is 9.59 Å². The van der Waals surface area contributed by atoms with Crippen LogP contribution in [0.3, 0.4) is 0 Å². The van der Waals surface area contributed by atoms with Crippen LogP contribution >= 0.6 is 35.6 Å². The maximum absolute atomic E-state index is 12.7. The van der Waals surface area contributed by atoms with E-state index in [-0.39, 0.29) is 38.3 Å². The second-order valence-corrected chi connectivity index (χ2v) is 8.60. The lowest BCUT2D eigenvalue weighted by molar-refractivity contribution is -0.124. The van der Waals surface area contributed by atoms with Gasteiger partial charge in [-0.2, -0.15) is 0 Å².